The van der Waals surface area contributed by atoms with Gasteiger partial charge >= 0.3 is 0 Å². The first-order valence-corrected chi connectivity index (χ1v) is 11.8. The van der Waals surface area contributed by atoms with Gasteiger partial charge in [0.1, 0.15) is 0 Å². The quantitative estimate of drug-likeness (QED) is 0.179. The van der Waals surface area contributed by atoms with E-state index in [1.807, 2.05) is 54.4 Å². The van der Waals surface area contributed by atoms with Gasteiger partial charge in [-0.05, 0) is 91.8 Å². The summed E-state index contributed by atoms with van der Waals surface area (Å²) in [7, 11) is 1.96. The zero-order valence-electron chi connectivity index (χ0n) is 19.6. The van der Waals surface area contributed by atoms with Gasteiger partial charge in [0.2, 0.25) is 0 Å². The third kappa shape index (κ3) is 3.61. The van der Waals surface area contributed by atoms with Crippen molar-refractivity contribution >= 4 is 72.6 Å². The molecule has 6 rings (SSSR count). The molecule has 3 aromatic carbocycles. The molecule has 35 heavy (non-hydrogen) atoms. The van der Waals surface area contributed by atoms with Gasteiger partial charge in [0.05, 0.1) is 33.1 Å². The summed E-state index contributed by atoms with van der Waals surface area (Å²) < 4.78 is 0. The van der Waals surface area contributed by atoms with E-state index in [4.69, 9.17) is 22.2 Å². The minimum Gasteiger partial charge on any atom is -0.332 e. The molecule has 0 unspecified atom stereocenters. The van der Waals surface area contributed by atoms with E-state index in [0.29, 0.717) is 5.11 Å². The minimum absolute atomic E-state index is 0.605. The molecule has 0 saturated carbocycles. The first kappa shape index (κ1) is 21.3. The molecule has 0 fully saturated rings. The third-order valence-electron chi connectivity index (χ3n) is 6.45. The largest absolute Gasteiger partial charge is 0.332 e. The molecule has 0 atom stereocenters. The molecule has 0 aliphatic heterocycles. The second kappa shape index (κ2) is 8.21. The van der Waals surface area contributed by atoms with Gasteiger partial charge in [-0.25, -0.2) is 9.97 Å². The topological polar surface area (TPSA) is 66.8 Å². The highest BCUT2D eigenvalue weighted by Gasteiger charge is 2.14. The van der Waals surface area contributed by atoms with Gasteiger partial charge in [0, 0.05) is 41.6 Å². The summed E-state index contributed by atoms with van der Waals surface area (Å²) in [6.07, 6.45) is 3.57. The second-order valence-corrected chi connectivity index (χ2v) is 9.07. The maximum absolute atomic E-state index is 5.70. The molecule has 170 valence electrons. The molecular weight excluding hydrogens is 452 g/mol. The van der Waals surface area contributed by atoms with E-state index in [1.54, 1.807) is 12.4 Å². The molecule has 3 heterocycles. The normalized spacial score (nSPS) is 11.4. The standard InChI is InChI=1S/C28H22N6S/c1-16-8-10-19(14-17(16)2)34(3)28(35)31-18-9-11-22-23(15-18)33-27-21-7-5-13-30-25(21)24-20(26(27)32-22)6-4-12-29-24/h4-15H,1-3H3,(H,31,35). The maximum Gasteiger partial charge on any atom is 0.177 e. The lowest BCUT2D eigenvalue weighted by Gasteiger charge is -2.22. The number of hydrogen-bond acceptors (Lipinski definition) is 5. The number of fused-ring (bicyclic) bond motifs is 7. The average Bonchev–Trinajstić information content (AvgIpc) is 2.89. The van der Waals surface area contributed by atoms with E-state index < -0.39 is 0 Å². The molecule has 6 nitrogen and oxygen atoms in total. The summed E-state index contributed by atoms with van der Waals surface area (Å²) in [4.78, 5) is 21.1. The van der Waals surface area contributed by atoms with E-state index in [2.05, 4.69) is 47.3 Å². The zero-order valence-corrected chi connectivity index (χ0v) is 20.4. The Balaban J connectivity index is 1.43. The van der Waals surface area contributed by atoms with Crippen molar-refractivity contribution in [2.45, 2.75) is 13.8 Å². The summed E-state index contributed by atoms with van der Waals surface area (Å²) in [5, 5.41) is 5.84. The highest BCUT2D eigenvalue weighted by atomic mass is 32.1. The predicted octanol–water partition coefficient (Wildman–Crippen LogP) is 6.33. The zero-order chi connectivity index (χ0) is 24.1. The summed E-state index contributed by atoms with van der Waals surface area (Å²) in [5.74, 6) is 0. The Hall–Kier alpha value is -4.23. The molecule has 0 bridgehead atoms. The van der Waals surface area contributed by atoms with Gasteiger partial charge in [-0.3, -0.25) is 9.97 Å². The Kier molecular flexibility index (Phi) is 5.00. The number of aromatic nitrogens is 4. The predicted molar refractivity (Wildman–Crippen MR) is 148 cm³/mol. The molecule has 6 aromatic rings. The van der Waals surface area contributed by atoms with Gasteiger partial charge in [-0.1, -0.05) is 6.07 Å². The van der Waals surface area contributed by atoms with Gasteiger partial charge < -0.3 is 10.2 Å². The first-order valence-electron chi connectivity index (χ1n) is 11.3. The van der Waals surface area contributed by atoms with Gasteiger partial charge in [-0.2, -0.15) is 0 Å². The average molecular weight is 475 g/mol. The van der Waals surface area contributed by atoms with Crippen LogP contribution in [-0.2, 0) is 0 Å². The number of rotatable bonds is 2. The third-order valence-corrected chi connectivity index (χ3v) is 6.82. The van der Waals surface area contributed by atoms with Crippen molar-refractivity contribution in [3.8, 4) is 0 Å². The van der Waals surface area contributed by atoms with Crippen LogP contribution >= 0.6 is 12.2 Å². The van der Waals surface area contributed by atoms with Crippen LogP contribution in [0.3, 0.4) is 0 Å². The number of nitrogens with one attached hydrogen (secondary N) is 1. The fourth-order valence-corrected chi connectivity index (χ4v) is 4.56. The number of anilines is 2. The highest BCUT2D eigenvalue weighted by Crippen LogP contribution is 2.32. The van der Waals surface area contributed by atoms with Crippen molar-refractivity contribution in [1.29, 1.82) is 0 Å². The molecule has 0 amide bonds. The fourth-order valence-electron chi connectivity index (χ4n) is 4.34. The Morgan fingerprint density at radius 1 is 0.743 bits per heavy atom. The van der Waals surface area contributed by atoms with Crippen LogP contribution in [0.25, 0.3) is 43.9 Å². The molecule has 1 N–H and O–H groups in total. The van der Waals surface area contributed by atoms with E-state index in [9.17, 15) is 0 Å². The Morgan fingerprint density at radius 3 is 2.06 bits per heavy atom. The summed E-state index contributed by atoms with van der Waals surface area (Å²) >= 11 is 5.70. The molecular formula is C28H22N6S. The summed E-state index contributed by atoms with van der Waals surface area (Å²) in [6, 6.07) is 20.1. The molecule has 0 radical (unpaired) electrons. The van der Waals surface area contributed by atoms with Crippen molar-refractivity contribution in [3.63, 3.8) is 0 Å². The van der Waals surface area contributed by atoms with Crippen LogP contribution < -0.4 is 10.2 Å². The van der Waals surface area contributed by atoms with E-state index in [0.717, 1.165) is 55.2 Å². The van der Waals surface area contributed by atoms with Crippen molar-refractivity contribution in [3.05, 3.63) is 84.2 Å². The molecule has 0 spiro atoms. The smallest absolute Gasteiger partial charge is 0.177 e. The van der Waals surface area contributed by atoms with Crippen LogP contribution in [0.4, 0.5) is 11.4 Å². The van der Waals surface area contributed by atoms with Crippen molar-refractivity contribution in [2.75, 3.05) is 17.3 Å². The lowest BCUT2D eigenvalue weighted by molar-refractivity contribution is 1.24. The SMILES string of the molecule is Cc1ccc(N(C)C(=S)Nc2ccc3nc4c5cccnc5c5ncccc5c4nc3c2)cc1C. The van der Waals surface area contributed by atoms with Crippen LogP contribution in [0.15, 0.2) is 73.1 Å². The lowest BCUT2D eigenvalue weighted by Crippen LogP contribution is -2.30. The van der Waals surface area contributed by atoms with Crippen molar-refractivity contribution < 1.29 is 0 Å². The summed E-state index contributed by atoms with van der Waals surface area (Å²) in [6.45, 7) is 4.21. The van der Waals surface area contributed by atoms with Crippen LogP contribution in [0.5, 0.6) is 0 Å². The lowest BCUT2D eigenvalue weighted by atomic mass is 10.1. The second-order valence-electron chi connectivity index (χ2n) is 8.68. The molecule has 3 aromatic heterocycles. The van der Waals surface area contributed by atoms with Crippen LogP contribution in [-0.4, -0.2) is 32.1 Å². The number of thiocarbonyl (C=S) groups is 1. The fraction of sp³-hybridized carbons (Fsp3) is 0.107. The van der Waals surface area contributed by atoms with Gasteiger partial charge in [-0.15, -0.1) is 0 Å². The van der Waals surface area contributed by atoms with Crippen molar-refractivity contribution in [1.82, 2.24) is 19.9 Å². The van der Waals surface area contributed by atoms with Crippen LogP contribution in [0.1, 0.15) is 11.1 Å². The number of aryl methyl sites for hydroxylation is 2. The van der Waals surface area contributed by atoms with Gasteiger partial charge in [0.15, 0.2) is 5.11 Å². The van der Waals surface area contributed by atoms with E-state index >= 15 is 0 Å². The highest BCUT2D eigenvalue weighted by molar-refractivity contribution is 7.80. The van der Waals surface area contributed by atoms with Crippen LogP contribution in [0, 0.1) is 13.8 Å². The molecule has 0 aliphatic carbocycles. The minimum atomic E-state index is 0.605. The number of nitrogens with zero attached hydrogens (tertiary/aromatic N) is 5. The monoisotopic (exact) mass is 474 g/mol. The summed E-state index contributed by atoms with van der Waals surface area (Å²) in [5.41, 5.74) is 9.28. The number of pyridine rings is 2. The molecule has 7 heteroatoms. The Labute approximate surface area is 207 Å². The first-order chi connectivity index (χ1) is 17.0. The molecule has 0 saturated heterocycles. The van der Waals surface area contributed by atoms with Crippen molar-refractivity contribution in [2.24, 2.45) is 0 Å². The molecule has 0 aliphatic rings. The van der Waals surface area contributed by atoms with Gasteiger partial charge in [0.25, 0.3) is 0 Å². The Morgan fingerprint density at radius 2 is 1.40 bits per heavy atom. The number of hydrogen-bond donors (Lipinski definition) is 1. The number of benzene rings is 3. The van der Waals surface area contributed by atoms with Crippen LogP contribution in [0.2, 0.25) is 0 Å². The Bertz CT molecular complexity index is 1800. The maximum atomic E-state index is 5.70. The van der Waals surface area contributed by atoms with E-state index in [1.165, 1.54) is 11.1 Å². The van der Waals surface area contributed by atoms with E-state index in [-0.39, 0.29) is 0 Å².